The van der Waals surface area contributed by atoms with E-state index in [0.717, 1.165) is 6.07 Å². The Balaban J connectivity index is 1.91. The lowest BCUT2D eigenvalue weighted by Crippen LogP contribution is -2.40. The van der Waals surface area contributed by atoms with Crippen LogP contribution in [-0.4, -0.2) is 46.6 Å². The molecule has 1 saturated heterocycles. The fraction of sp³-hybridized carbons (Fsp3) is 0.533. The van der Waals surface area contributed by atoms with Crippen LogP contribution in [0.5, 0.6) is 0 Å². The van der Waals surface area contributed by atoms with Crippen molar-refractivity contribution >= 4 is 23.6 Å². The standard InChI is InChI=1S/C15H19ClFN3O3/c1-15(2,3)23-14(22)20-5-4-10(8-20)19-13(21)9-6-11(17)12(16)18-7-9/h6-7,10H,4-5,8H2,1-3H3,(H,19,21)/t10-/m1/s1. The van der Waals surface area contributed by atoms with E-state index < -0.39 is 23.4 Å². The maximum absolute atomic E-state index is 13.3. The number of carbonyl (C=O) groups is 2. The van der Waals surface area contributed by atoms with Crippen molar-refractivity contribution in [1.29, 1.82) is 0 Å². The number of nitrogens with one attached hydrogen (secondary N) is 1. The first-order chi connectivity index (χ1) is 10.7. The maximum Gasteiger partial charge on any atom is 0.410 e. The van der Waals surface area contributed by atoms with E-state index in [-0.39, 0.29) is 16.8 Å². The predicted molar refractivity (Wildman–Crippen MR) is 82.9 cm³/mol. The van der Waals surface area contributed by atoms with Gasteiger partial charge in [0, 0.05) is 25.3 Å². The molecule has 0 spiro atoms. The predicted octanol–water partition coefficient (Wildman–Crippen LogP) is 2.61. The number of ether oxygens (including phenoxy) is 1. The van der Waals surface area contributed by atoms with Gasteiger partial charge in [-0.2, -0.15) is 0 Å². The van der Waals surface area contributed by atoms with Gasteiger partial charge in [0.15, 0.2) is 11.0 Å². The van der Waals surface area contributed by atoms with Crippen molar-refractivity contribution in [3.8, 4) is 0 Å². The van der Waals surface area contributed by atoms with Crippen LogP contribution in [0.15, 0.2) is 12.3 Å². The molecule has 1 atom stereocenters. The molecule has 0 aromatic carbocycles. The van der Waals surface area contributed by atoms with E-state index in [1.54, 1.807) is 20.8 Å². The lowest BCUT2D eigenvalue weighted by atomic mass is 10.2. The first-order valence-electron chi connectivity index (χ1n) is 7.25. The summed E-state index contributed by atoms with van der Waals surface area (Å²) in [5.74, 6) is -1.20. The van der Waals surface area contributed by atoms with Gasteiger partial charge in [0.2, 0.25) is 0 Å². The van der Waals surface area contributed by atoms with Crippen molar-refractivity contribution in [2.75, 3.05) is 13.1 Å². The highest BCUT2D eigenvalue weighted by Gasteiger charge is 2.30. The van der Waals surface area contributed by atoms with Crippen LogP contribution < -0.4 is 5.32 Å². The molecule has 23 heavy (non-hydrogen) atoms. The third kappa shape index (κ3) is 4.79. The van der Waals surface area contributed by atoms with Crippen LogP contribution in [0.2, 0.25) is 5.15 Å². The van der Waals surface area contributed by atoms with Crippen LogP contribution in [0, 0.1) is 5.82 Å². The van der Waals surface area contributed by atoms with E-state index in [9.17, 15) is 14.0 Å². The Labute approximate surface area is 139 Å². The van der Waals surface area contributed by atoms with Gasteiger partial charge >= 0.3 is 6.09 Å². The van der Waals surface area contributed by atoms with Gasteiger partial charge in [0.25, 0.3) is 5.91 Å². The molecule has 1 aliphatic rings. The Morgan fingerprint density at radius 2 is 2.17 bits per heavy atom. The highest BCUT2D eigenvalue weighted by molar-refractivity contribution is 6.29. The van der Waals surface area contributed by atoms with Crippen molar-refractivity contribution in [2.24, 2.45) is 0 Å². The molecule has 0 saturated carbocycles. The third-order valence-corrected chi connectivity index (χ3v) is 3.51. The number of hydrogen-bond acceptors (Lipinski definition) is 4. The molecule has 2 amide bonds. The van der Waals surface area contributed by atoms with E-state index in [4.69, 9.17) is 16.3 Å². The zero-order valence-corrected chi connectivity index (χ0v) is 14.0. The van der Waals surface area contributed by atoms with Crippen molar-refractivity contribution in [2.45, 2.75) is 38.8 Å². The highest BCUT2D eigenvalue weighted by Crippen LogP contribution is 2.16. The zero-order chi connectivity index (χ0) is 17.2. The Kier molecular flexibility index (Phi) is 5.09. The summed E-state index contributed by atoms with van der Waals surface area (Å²) in [6, 6.07) is 0.819. The molecule has 1 N–H and O–H groups in total. The summed E-state index contributed by atoms with van der Waals surface area (Å²) in [7, 11) is 0. The van der Waals surface area contributed by atoms with Gasteiger partial charge in [-0.05, 0) is 33.3 Å². The number of halogens is 2. The molecule has 0 unspecified atom stereocenters. The first-order valence-corrected chi connectivity index (χ1v) is 7.63. The van der Waals surface area contributed by atoms with Gasteiger partial charge in [0.1, 0.15) is 5.60 Å². The second-order valence-electron chi connectivity index (χ2n) is 6.38. The monoisotopic (exact) mass is 343 g/mol. The molecule has 0 aliphatic carbocycles. The fourth-order valence-corrected chi connectivity index (χ4v) is 2.29. The molecule has 1 aromatic rings. The smallest absolute Gasteiger partial charge is 0.410 e. The van der Waals surface area contributed by atoms with Gasteiger partial charge in [-0.1, -0.05) is 11.6 Å². The third-order valence-electron chi connectivity index (χ3n) is 3.23. The van der Waals surface area contributed by atoms with Gasteiger partial charge in [0.05, 0.1) is 5.56 Å². The second kappa shape index (κ2) is 6.70. The second-order valence-corrected chi connectivity index (χ2v) is 6.74. The number of hydrogen-bond donors (Lipinski definition) is 1. The number of aromatic nitrogens is 1. The normalized spacial score (nSPS) is 18.0. The summed E-state index contributed by atoms with van der Waals surface area (Å²) in [6.45, 7) is 6.23. The van der Waals surface area contributed by atoms with Crippen LogP contribution in [-0.2, 0) is 4.74 Å². The molecule has 6 nitrogen and oxygen atoms in total. The van der Waals surface area contributed by atoms with Crippen LogP contribution in [0.1, 0.15) is 37.6 Å². The van der Waals surface area contributed by atoms with Gasteiger partial charge in [-0.3, -0.25) is 4.79 Å². The number of nitrogens with zero attached hydrogens (tertiary/aromatic N) is 2. The highest BCUT2D eigenvalue weighted by atomic mass is 35.5. The van der Waals surface area contributed by atoms with Crippen LogP contribution >= 0.6 is 11.6 Å². The Morgan fingerprint density at radius 1 is 1.48 bits per heavy atom. The number of rotatable bonds is 2. The Bertz CT molecular complexity index is 618. The molecule has 1 fully saturated rings. The summed E-state index contributed by atoms with van der Waals surface area (Å²) in [5.41, 5.74) is -0.479. The minimum Gasteiger partial charge on any atom is -0.444 e. The Morgan fingerprint density at radius 3 is 2.78 bits per heavy atom. The van der Waals surface area contributed by atoms with Crippen molar-refractivity contribution in [3.63, 3.8) is 0 Å². The zero-order valence-electron chi connectivity index (χ0n) is 13.2. The minimum atomic E-state index is -0.749. The molecule has 2 heterocycles. The molecule has 0 radical (unpaired) electrons. The summed E-state index contributed by atoms with van der Waals surface area (Å²) >= 11 is 5.49. The number of carbonyl (C=O) groups excluding carboxylic acids is 2. The molecule has 0 bridgehead atoms. The van der Waals surface area contributed by atoms with E-state index in [0.29, 0.717) is 19.5 Å². The molecule has 1 aromatic heterocycles. The topological polar surface area (TPSA) is 71.5 Å². The summed E-state index contributed by atoms with van der Waals surface area (Å²) in [4.78, 5) is 29.2. The van der Waals surface area contributed by atoms with Gasteiger partial charge < -0.3 is 15.0 Å². The lowest BCUT2D eigenvalue weighted by molar-refractivity contribution is 0.0290. The van der Waals surface area contributed by atoms with E-state index in [2.05, 4.69) is 10.3 Å². The molecule has 126 valence electrons. The van der Waals surface area contributed by atoms with Gasteiger partial charge in [-0.15, -0.1) is 0 Å². The number of likely N-dealkylation sites (tertiary alicyclic amines) is 1. The van der Waals surface area contributed by atoms with E-state index in [1.165, 1.54) is 11.1 Å². The summed E-state index contributed by atoms with van der Waals surface area (Å²) in [6.07, 6.45) is 1.41. The number of amides is 2. The quantitative estimate of drug-likeness (QED) is 0.838. The molecule has 8 heteroatoms. The maximum atomic E-state index is 13.3. The molecular formula is C15H19ClFN3O3. The van der Waals surface area contributed by atoms with E-state index in [1.807, 2.05) is 0 Å². The minimum absolute atomic E-state index is 0.0858. The van der Waals surface area contributed by atoms with Crippen LogP contribution in [0.25, 0.3) is 0 Å². The largest absolute Gasteiger partial charge is 0.444 e. The SMILES string of the molecule is CC(C)(C)OC(=O)N1CC[C@@H](NC(=O)c2cnc(Cl)c(F)c2)C1. The van der Waals surface area contributed by atoms with Crippen molar-refractivity contribution in [1.82, 2.24) is 15.2 Å². The van der Waals surface area contributed by atoms with Crippen molar-refractivity contribution < 1.29 is 18.7 Å². The average molecular weight is 344 g/mol. The number of pyridine rings is 1. The van der Waals surface area contributed by atoms with E-state index >= 15 is 0 Å². The summed E-state index contributed by atoms with van der Waals surface area (Å²) < 4.78 is 18.6. The average Bonchev–Trinajstić information content (AvgIpc) is 2.88. The fourth-order valence-electron chi connectivity index (χ4n) is 2.18. The summed E-state index contributed by atoms with van der Waals surface area (Å²) in [5, 5.41) is 2.47. The Hall–Kier alpha value is -1.89. The van der Waals surface area contributed by atoms with Crippen LogP contribution in [0.3, 0.4) is 0 Å². The lowest BCUT2D eigenvalue weighted by Gasteiger charge is -2.24. The first kappa shape index (κ1) is 17.5. The molecule has 2 rings (SSSR count). The van der Waals surface area contributed by atoms with Gasteiger partial charge in [-0.25, -0.2) is 14.2 Å². The molecular weight excluding hydrogens is 325 g/mol. The van der Waals surface area contributed by atoms with Crippen LogP contribution in [0.4, 0.5) is 9.18 Å². The van der Waals surface area contributed by atoms with Crippen molar-refractivity contribution in [3.05, 3.63) is 28.8 Å². The molecule has 1 aliphatic heterocycles.